The van der Waals surface area contributed by atoms with Gasteiger partial charge in [0.25, 0.3) is 0 Å². The molecule has 3 N–H and O–H groups in total. The number of nitrogens with one attached hydrogen (secondary N) is 3. The molecule has 240 valence electrons. The van der Waals surface area contributed by atoms with E-state index in [1.54, 1.807) is 29.8 Å². The first-order valence-corrected chi connectivity index (χ1v) is 16.0. The van der Waals surface area contributed by atoms with Crippen LogP contribution in [0.5, 0.6) is 0 Å². The van der Waals surface area contributed by atoms with Gasteiger partial charge in [-0.1, -0.05) is 43.3 Å². The number of amides is 4. The van der Waals surface area contributed by atoms with Crippen LogP contribution < -0.4 is 16.0 Å². The summed E-state index contributed by atoms with van der Waals surface area (Å²) in [6.45, 7) is 7.23. The highest BCUT2D eigenvalue weighted by Gasteiger charge is 2.51. The third-order valence-electron chi connectivity index (χ3n) is 10.2. The van der Waals surface area contributed by atoms with Gasteiger partial charge in [-0.15, -0.1) is 0 Å². The average molecular weight is 623 g/mol. The number of carbonyl (C=O) groups is 4. The Morgan fingerprint density at radius 1 is 1.02 bits per heavy atom. The minimum absolute atomic E-state index is 0.00907. The van der Waals surface area contributed by atoms with Crippen LogP contribution in [0.4, 0.5) is 11.5 Å². The summed E-state index contributed by atoms with van der Waals surface area (Å²) in [7, 11) is 1.88. The third-order valence-corrected chi connectivity index (χ3v) is 10.2. The van der Waals surface area contributed by atoms with Gasteiger partial charge in [0.2, 0.25) is 23.6 Å². The largest absolute Gasteiger partial charge is 0.343 e. The van der Waals surface area contributed by atoms with Crippen LogP contribution in [-0.4, -0.2) is 64.6 Å². The molecule has 4 amide bonds. The van der Waals surface area contributed by atoms with Gasteiger partial charge in [0.15, 0.2) is 0 Å². The summed E-state index contributed by atoms with van der Waals surface area (Å²) in [4.78, 5) is 61.3. The Kier molecular flexibility index (Phi) is 8.41. The molecule has 0 bridgehead atoms. The van der Waals surface area contributed by atoms with Crippen molar-refractivity contribution < 1.29 is 19.2 Å². The molecule has 1 fully saturated rings. The van der Waals surface area contributed by atoms with Crippen LogP contribution in [0.2, 0.25) is 0 Å². The van der Waals surface area contributed by atoms with Gasteiger partial charge in [0.1, 0.15) is 11.9 Å². The van der Waals surface area contributed by atoms with E-state index in [4.69, 9.17) is 0 Å². The highest BCUT2D eigenvalue weighted by molar-refractivity contribution is 6.06. The molecular formula is C36H42N6O4. The molecule has 2 aliphatic heterocycles. The summed E-state index contributed by atoms with van der Waals surface area (Å²) in [5, 5.41) is 9.20. The smallest absolute Gasteiger partial charge is 0.246 e. The monoisotopic (exact) mass is 622 g/mol. The van der Waals surface area contributed by atoms with Crippen molar-refractivity contribution in [1.82, 2.24) is 20.1 Å². The predicted molar refractivity (Wildman–Crippen MR) is 176 cm³/mol. The van der Waals surface area contributed by atoms with Crippen LogP contribution in [-0.2, 0) is 50.5 Å². The van der Waals surface area contributed by atoms with Crippen LogP contribution in [0.25, 0.3) is 0 Å². The maximum Gasteiger partial charge on any atom is 0.246 e. The lowest BCUT2D eigenvalue weighted by Crippen LogP contribution is -2.54. The first-order chi connectivity index (χ1) is 22.0. The molecule has 10 nitrogen and oxygen atoms in total. The number of nitrogens with zero attached hydrogens (tertiary/aromatic N) is 3. The van der Waals surface area contributed by atoms with E-state index in [2.05, 4.69) is 20.9 Å². The van der Waals surface area contributed by atoms with Crippen molar-refractivity contribution in [2.24, 2.45) is 5.41 Å². The number of rotatable bonds is 8. The van der Waals surface area contributed by atoms with Gasteiger partial charge in [-0.25, -0.2) is 4.98 Å². The molecule has 1 aromatic heterocycles. The molecule has 46 heavy (non-hydrogen) atoms. The van der Waals surface area contributed by atoms with E-state index < -0.39 is 16.9 Å². The fourth-order valence-electron chi connectivity index (χ4n) is 7.25. The summed E-state index contributed by atoms with van der Waals surface area (Å²) >= 11 is 0. The predicted octanol–water partition coefficient (Wildman–Crippen LogP) is 3.79. The number of piperidine rings is 1. The molecule has 1 spiro atoms. The lowest BCUT2D eigenvalue weighted by molar-refractivity contribution is -0.151. The number of anilines is 2. The number of aromatic nitrogens is 1. The summed E-state index contributed by atoms with van der Waals surface area (Å²) in [6.07, 6.45) is 3.85. The highest BCUT2D eigenvalue weighted by Crippen LogP contribution is 2.47. The maximum absolute atomic E-state index is 14.4. The van der Waals surface area contributed by atoms with E-state index in [1.807, 2.05) is 68.6 Å². The van der Waals surface area contributed by atoms with Crippen molar-refractivity contribution in [3.05, 3.63) is 88.6 Å². The van der Waals surface area contributed by atoms with Crippen LogP contribution >= 0.6 is 0 Å². The normalized spacial score (nSPS) is 20.1. The molecule has 6 rings (SSSR count). The minimum Gasteiger partial charge on any atom is -0.343 e. The summed E-state index contributed by atoms with van der Waals surface area (Å²) in [6, 6.07) is 16.8. The summed E-state index contributed by atoms with van der Waals surface area (Å²) in [5.41, 5.74) is 4.25. The van der Waals surface area contributed by atoms with E-state index in [1.165, 1.54) is 0 Å². The number of benzene rings is 2. The zero-order chi connectivity index (χ0) is 32.6. The lowest BCUT2D eigenvalue weighted by atomic mass is 9.78. The van der Waals surface area contributed by atoms with Gasteiger partial charge in [0, 0.05) is 56.0 Å². The second kappa shape index (κ2) is 12.3. The number of hydrogen-bond donors (Lipinski definition) is 3. The number of pyridine rings is 1. The van der Waals surface area contributed by atoms with Gasteiger partial charge < -0.3 is 25.8 Å². The van der Waals surface area contributed by atoms with E-state index in [-0.39, 0.29) is 30.2 Å². The van der Waals surface area contributed by atoms with Crippen LogP contribution in [0.15, 0.2) is 60.8 Å². The van der Waals surface area contributed by atoms with E-state index in [0.29, 0.717) is 56.8 Å². The molecule has 0 saturated carbocycles. The molecule has 3 aliphatic rings. The van der Waals surface area contributed by atoms with Gasteiger partial charge in [-0.2, -0.15) is 0 Å². The molecular weight excluding hydrogens is 580 g/mol. The Balaban J connectivity index is 1.23. The first-order valence-electron chi connectivity index (χ1n) is 16.0. The van der Waals surface area contributed by atoms with Crippen molar-refractivity contribution in [3.8, 4) is 0 Å². The average Bonchev–Trinajstić information content (AvgIpc) is 3.56. The Labute approximate surface area is 269 Å². The fourth-order valence-corrected chi connectivity index (χ4v) is 7.25. The van der Waals surface area contributed by atoms with Crippen molar-refractivity contribution >= 4 is 35.1 Å². The first kappa shape index (κ1) is 31.4. The molecule has 0 unspecified atom stereocenters. The molecule has 3 aromatic rings. The maximum atomic E-state index is 14.4. The van der Waals surface area contributed by atoms with Crippen molar-refractivity contribution in [2.75, 3.05) is 30.8 Å². The highest BCUT2D eigenvalue weighted by atomic mass is 16.2. The van der Waals surface area contributed by atoms with Gasteiger partial charge in [-0.05, 0) is 80.1 Å². The summed E-state index contributed by atoms with van der Waals surface area (Å²) in [5.74, 6) is 0.198. The lowest BCUT2D eigenvalue weighted by Gasteiger charge is -2.42. The Morgan fingerprint density at radius 3 is 2.46 bits per heavy atom. The fraction of sp³-hybridized carbons (Fsp3) is 0.417. The van der Waals surface area contributed by atoms with Gasteiger partial charge >= 0.3 is 0 Å². The van der Waals surface area contributed by atoms with Gasteiger partial charge in [0.05, 0.1) is 5.41 Å². The molecule has 2 aromatic carbocycles. The van der Waals surface area contributed by atoms with Crippen LogP contribution in [0, 0.1) is 5.41 Å². The number of fused-ring (bicyclic) bond motifs is 3. The van der Waals surface area contributed by atoms with E-state index >= 15 is 0 Å². The zero-order valence-electron chi connectivity index (χ0n) is 27.0. The number of likely N-dealkylation sites (tertiary alicyclic amines) is 1. The standard InChI is InChI=1S/C36H42N6O4/c1-23(32(44)39-29-12-11-25-19-36(20-28(25)18-29)30-10-7-15-38-31(30)40-33(36)45)42(22-27-9-6-5-8-26(27)21-37-4)34(46)35(3)13-16-41(17-14-35)24(2)43/h5-12,15,18,23,37H,13-14,16-17,19-22H2,1-4H3,(H,39,44)(H,38,40,45)/t23-,36-/m1/s1. The second-order valence-electron chi connectivity index (χ2n) is 13.2. The number of carbonyl (C=O) groups excluding carboxylic acids is 4. The second-order valence-corrected chi connectivity index (χ2v) is 13.2. The Bertz CT molecular complexity index is 1700. The quantitative estimate of drug-likeness (QED) is 0.351. The summed E-state index contributed by atoms with van der Waals surface area (Å²) < 4.78 is 0. The number of hydrogen-bond acceptors (Lipinski definition) is 6. The van der Waals surface area contributed by atoms with E-state index in [0.717, 1.165) is 27.8 Å². The Morgan fingerprint density at radius 2 is 1.74 bits per heavy atom. The Hall–Kier alpha value is -4.57. The van der Waals surface area contributed by atoms with Crippen molar-refractivity contribution in [1.29, 1.82) is 0 Å². The molecule has 3 heterocycles. The topological polar surface area (TPSA) is 124 Å². The van der Waals surface area contributed by atoms with Crippen LogP contribution in [0.1, 0.15) is 61.4 Å². The molecule has 2 atom stereocenters. The van der Waals surface area contributed by atoms with Crippen molar-refractivity contribution in [2.45, 2.75) is 71.0 Å². The van der Waals surface area contributed by atoms with E-state index in [9.17, 15) is 19.2 Å². The van der Waals surface area contributed by atoms with Crippen LogP contribution in [0.3, 0.4) is 0 Å². The molecule has 1 aliphatic carbocycles. The molecule has 10 heteroatoms. The van der Waals surface area contributed by atoms with Gasteiger partial charge in [-0.3, -0.25) is 19.2 Å². The molecule has 0 radical (unpaired) electrons. The zero-order valence-corrected chi connectivity index (χ0v) is 27.0. The third kappa shape index (κ3) is 5.66. The minimum atomic E-state index is -0.768. The van der Waals surface area contributed by atoms with Crippen molar-refractivity contribution in [3.63, 3.8) is 0 Å². The SMILES string of the molecule is CNCc1ccccc1CN(C(=O)C1(C)CCN(C(C)=O)CC1)[C@H](C)C(=O)Nc1ccc2c(c1)C[C@@]1(C2)C(=O)Nc2ncccc21. The molecule has 1 saturated heterocycles.